The molecule has 2 aromatic rings. The van der Waals surface area contributed by atoms with Gasteiger partial charge < -0.3 is 5.32 Å². The average Bonchev–Trinajstić information content (AvgIpc) is 2.40. The van der Waals surface area contributed by atoms with Gasteiger partial charge in [-0.2, -0.15) is 0 Å². The molecule has 1 N–H and O–H groups in total. The monoisotopic (exact) mass is 295 g/mol. The van der Waals surface area contributed by atoms with Crippen LogP contribution in [0.2, 0.25) is 10.2 Å². The quantitative estimate of drug-likeness (QED) is 0.880. The van der Waals surface area contributed by atoms with Gasteiger partial charge in [-0.25, -0.2) is 9.97 Å². The van der Waals surface area contributed by atoms with Crippen molar-refractivity contribution in [3.05, 3.63) is 51.9 Å². The summed E-state index contributed by atoms with van der Waals surface area (Å²) >= 11 is 11.8. The van der Waals surface area contributed by atoms with Crippen molar-refractivity contribution >= 4 is 34.9 Å². The van der Waals surface area contributed by atoms with Crippen molar-refractivity contribution in [3.8, 4) is 0 Å². The number of carbonyl (C=O) groups is 1. The Morgan fingerprint density at radius 3 is 2.84 bits per heavy atom. The number of pyridine rings is 2. The standard InChI is InChI=1S/C13H11Cl2N3O/c1-2-9-6-8(7-11(15)17-9)13(19)18-12-10(14)4-3-5-16-12/h3-7H,2H2,1H3,(H,16,18,19). The number of amides is 1. The van der Waals surface area contributed by atoms with Gasteiger partial charge in [0, 0.05) is 17.5 Å². The summed E-state index contributed by atoms with van der Waals surface area (Å²) in [6, 6.07) is 6.54. The summed E-state index contributed by atoms with van der Waals surface area (Å²) in [6.07, 6.45) is 2.25. The molecule has 2 aromatic heterocycles. The zero-order valence-corrected chi connectivity index (χ0v) is 11.7. The van der Waals surface area contributed by atoms with Crippen LogP contribution in [-0.2, 0) is 6.42 Å². The van der Waals surface area contributed by atoms with Crippen LogP contribution in [0.4, 0.5) is 5.82 Å². The number of hydrogen-bond acceptors (Lipinski definition) is 3. The number of anilines is 1. The molecule has 0 bridgehead atoms. The lowest BCUT2D eigenvalue weighted by Crippen LogP contribution is -2.14. The normalized spacial score (nSPS) is 10.3. The van der Waals surface area contributed by atoms with Crippen LogP contribution in [0, 0.1) is 0 Å². The lowest BCUT2D eigenvalue weighted by Gasteiger charge is -2.07. The number of aryl methyl sites for hydroxylation is 1. The number of nitrogens with zero attached hydrogens (tertiary/aromatic N) is 2. The first-order valence-electron chi connectivity index (χ1n) is 5.68. The molecule has 98 valence electrons. The zero-order valence-electron chi connectivity index (χ0n) is 10.2. The van der Waals surface area contributed by atoms with Crippen LogP contribution in [0.15, 0.2) is 30.5 Å². The second-order valence-electron chi connectivity index (χ2n) is 3.81. The molecule has 1 amide bonds. The summed E-state index contributed by atoms with van der Waals surface area (Å²) in [7, 11) is 0. The molecule has 6 heteroatoms. The average molecular weight is 296 g/mol. The van der Waals surface area contributed by atoms with E-state index < -0.39 is 0 Å². The SMILES string of the molecule is CCc1cc(C(=O)Nc2ncccc2Cl)cc(Cl)n1. The summed E-state index contributed by atoms with van der Waals surface area (Å²) in [5, 5.41) is 3.31. The minimum Gasteiger partial charge on any atom is -0.305 e. The third-order valence-corrected chi connectivity index (χ3v) is 2.96. The molecule has 0 aromatic carbocycles. The lowest BCUT2D eigenvalue weighted by molar-refractivity contribution is 0.102. The number of carbonyl (C=O) groups excluding carboxylic acids is 1. The Balaban J connectivity index is 2.25. The van der Waals surface area contributed by atoms with Crippen molar-refractivity contribution in [2.24, 2.45) is 0 Å². The topological polar surface area (TPSA) is 54.9 Å². The molecule has 2 heterocycles. The maximum atomic E-state index is 12.1. The maximum absolute atomic E-state index is 12.1. The van der Waals surface area contributed by atoms with Gasteiger partial charge in [-0.3, -0.25) is 4.79 Å². The van der Waals surface area contributed by atoms with Crippen LogP contribution in [0.5, 0.6) is 0 Å². The molecular formula is C13H11Cl2N3O. The van der Waals surface area contributed by atoms with Gasteiger partial charge in [-0.15, -0.1) is 0 Å². The largest absolute Gasteiger partial charge is 0.305 e. The number of nitrogens with one attached hydrogen (secondary N) is 1. The third-order valence-electron chi connectivity index (χ3n) is 2.46. The Kier molecular flexibility index (Phi) is 4.35. The van der Waals surface area contributed by atoms with Crippen molar-refractivity contribution in [2.75, 3.05) is 5.32 Å². The minimum absolute atomic E-state index is 0.289. The van der Waals surface area contributed by atoms with Gasteiger partial charge in [0.25, 0.3) is 5.91 Å². The van der Waals surface area contributed by atoms with E-state index in [4.69, 9.17) is 23.2 Å². The van der Waals surface area contributed by atoms with Crippen molar-refractivity contribution in [2.45, 2.75) is 13.3 Å². The Bertz CT molecular complexity index is 617. The number of aromatic nitrogens is 2. The highest BCUT2D eigenvalue weighted by Gasteiger charge is 2.11. The first-order valence-corrected chi connectivity index (χ1v) is 6.44. The van der Waals surface area contributed by atoms with Crippen molar-refractivity contribution < 1.29 is 4.79 Å². The van der Waals surface area contributed by atoms with E-state index in [1.54, 1.807) is 24.4 Å². The highest BCUT2D eigenvalue weighted by molar-refractivity contribution is 6.33. The molecule has 19 heavy (non-hydrogen) atoms. The van der Waals surface area contributed by atoms with Crippen LogP contribution in [-0.4, -0.2) is 15.9 Å². The number of halogens is 2. The highest BCUT2D eigenvalue weighted by atomic mass is 35.5. The van der Waals surface area contributed by atoms with Gasteiger partial charge in [0.05, 0.1) is 5.02 Å². The molecule has 4 nitrogen and oxygen atoms in total. The Labute approximate surface area is 120 Å². The fraction of sp³-hybridized carbons (Fsp3) is 0.154. The molecule has 0 fully saturated rings. The lowest BCUT2D eigenvalue weighted by atomic mass is 10.2. The van der Waals surface area contributed by atoms with E-state index in [1.807, 2.05) is 6.92 Å². The molecule has 0 aliphatic carbocycles. The Hall–Kier alpha value is -1.65. The molecule has 0 saturated heterocycles. The third kappa shape index (κ3) is 3.43. The Morgan fingerprint density at radius 2 is 2.16 bits per heavy atom. The molecule has 2 rings (SSSR count). The Morgan fingerprint density at radius 1 is 1.37 bits per heavy atom. The number of rotatable bonds is 3. The van der Waals surface area contributed by atoms with E-state index in [-0.39, 0.29) is 11.1 Å². The van der Waals surface area contributed by atoms with Gasteiger partial charge in [0.1, 0.15) is 5.15 Å². The van der Waals surface area contributed by atoms with Crippen molar-refractivity contribution in [1.29, 1.82) is 0 Å². The van der Waals surface area contributed by atoms with E-state index in [1.165, 1.54) is 6.07 Å². The van der Waals surface area contributed by atoms with Gasteiger partial charge in [0.15, 0.2) is 5.82 Å². The smallest absolute Gasteiger partial charge is 0.257 e. The predicted octanol–water partition coefficient (Wildman–Crippen LogP) is 3.60. The van der Waals surface area contributed by atoms with Crippen LogP contribution >= 0.6 is 23.2 Å². The van der Waals surface area contributed by atoms with E-state index in [0.717, 1.165) is 5.69 Å². The molecule has 0 spiro atoms. The van der Waals surface area contributed by atoms with Crippen molar-refractivity contribution in [3.63, 3.8) is 0 Å². The first-order chi connectivity index (χ1) is 9.10. The molecule has 0 aliphatic heterocycles. The fourth-order valence-electron chi connectivity index (χ4n) is 1.52. The van der Waals surface area contributed by atoms with Crippen LogP contribution in [0.1, 0.15) is 23.0 Å². The zero-order chi connectivity index (χ0) is 13.8. The summed E-state index contributed by atoms with van der Waals surface area (Å²) in [6.45, 7) is 1.94. The van der Waals surface area contributed by atoms with E-state index in [2.05, 4.69) is 15.3 Å². The number of hydrogen-bond donors (Lipinski definition) is 1. The van der Waals surface area contributed by atoms with E-state index in [0.29, 0.717) is 22.8 Å². The van der Waals surface area contributed by atoms with Crippen LogP contribution < -0.4 is 5.32 Å². The first kappa shape index (κ1) is 13.8. The molecule has 0 saturated carbocycles. The second-order valence-corrected chi connectivity index (χ2v) is 4.61. The van der Waals surface area contributed by atoms with Gasteiger partial charge in [-0.05, 0) is 30.7 Å². The van der Waals surface area contributed by atoms with E-state index in [9.17, 15) is 4.79 Å². The summed E-state index contributed by atoms with van der Waals surface area (Å²) in [4.78, 5) is 20.2. The van der Waals surface area contributed by atoms with Crippen LogP contribution in [0.25, 0.3) is 0 Å². The molecule has 0 unspecified atom stereocenters. The van der Waals surface area contributed by atoms with Gasteiger partial charge >= 0.3 is 0 Å². The predicted molar refractivity (Wildman–Crippen MR) is 75.8 cm³/mol. The summed E-state index contributed by atoms with van der Waals surface area (Å²) in [5.74, 6) is -0.000232. The van der Waals surface area contributed by atoms with E-state index >= 15 is 0 Å². The molecule has 0 aliphatic rings. The van der Waals surface area contributed by atoms with Crippen LogP contribution in [0.3, 0.4) is 0 Å². The molecule has 0 atom stereocenters. The van der Waals surface area contributed by atoms with Gasteiger partial charge in [0.2, 0.25) is 0 Å². The minimum atomic E-state index is -0.320. The molecule has 0 radical (unpaired) electrons. The molecular weight excluding hydrogens is 285 g/mol. The fourth-order valence-corrected chi connectivity index (χ4v) is 1.92. The summed E-state index contributed by atoms with van der Waals surface area (Å²) in [5.41, 5.74) is 1.18. The second kappa shape index (κ2) is 5.99. The maximum Gasteiger partial charge on any atom is 0.257 e. The van der Waals surface area contributed by atoms with Gasteiger partial charge in [-0.1, -0.05) is 30.1 Å². The van der Waals surface area contributed by atoms with Crippen molar-refractivity contribution in [1.82, 2.24) is 9.97 Å². The summed E-state index contributed by atoms with van der Waals surface area (Å²) < 4.78 is 0. The highest BCUT2D eigenvalue weighted by Crippen LogP contribution is 2.19.